The second kappa shape index (κ2) is 5.77. The van der Waals surface area contributed by atoms with Gasteiger partial charge in [0.25, 0.3) is 5.56 Å². The number of ether oxygens (including phenoxy) is 1. The molecule has 2 heterocycles. The average Bonchev–Trinajstić information content (AvgIpc) is 2.54. The molecule has 3 aromatic rings. The summed E-state index contributed by atoms with van der Waals surface area (Å²) in [4.78, 5) is 22.9. The number of nitrogens with one attached hydrogen (secondary N) is 1. The van der Waals surface area contributed by atoms with E-state index in [0.29, 0.717) is 16.7 Å². The number of halogens is 1. The van der Waals surface area contributed by atoms with Gasteiger partial charge >= 0.3 is 0 Å². The standard InChI is InChI=1S/C16H12FN3O2/c1-22-14-8-10(2-4-12(14)17)3-5-15-19-13-9-18-7-6-11(13)16(21)20-15/h2-9H,1H3,(H,19,20,21). The maximum absolute atomic E-state index is 13.3. The number of aromatic nitrogens is 3. The van der Waals surface area contributed by atoms with Gasteiger partial charge in [0.05, 0.1) is 24.2 Å². The number of pyridine rings is 1. The predicted octanol–water partition coefficient (Wildman–Crippen LogP) is 2.64. The Morgan fingerprint density at radius 1 is 1.27 bits per heavy atom. The summed E-state index contributed by atoms with van der Waals surface area (Å²) in [7, 11) is 1.40. The van der Waals surface area contributed by atoms with Gasteiger partial charge in [0.2, 0.25) is 0 Å². The minimum Gasteiger partial charge on any atom is -0.494 e. The van der Waals surface area contributed by atoms with Gasteiger partial charge in [0.1, 0.15) is 5.82 Å². The Hall–Kier alpha value is -3.02. The Kier molecular flexibility index (Phi) is 3.65. The zero-order chi connectivity index (χ0) is 15.5. The van der Waals surface area contributed by atoms with Crippen LogP contribution in [-0.2, 0) is 0 Å². The predicted molar refractivity (Wildman–Crippen MR) is 82.0 cm³/mol. The van der Waals surface area contributed by atoms with Gasteiger partial charge < -0.3 is 9.72 Å². The van der Waals surface area contributed by atoms with Crippen molar-refractivity contribution in [3.63, 3.8) is 0 Å². The van der Waals surface area contributed by atoms with Crippen molar-refractivity contribution in [3.05, 3.63) is 64.2 Å². The summed E-state index contributed by atoms with van der Waals surface area (Å²) in [6, 6.07) is 6.10. The van der Waals surface area contributed by atoms with Crippen molar-refractivity contribution in [2.75, 3.05) is 7.11 Å². The third-order valence-electron chi connectivity index (χ3n) is 3.14. The quantitative estimate of drug-likeness (QED) is 0.807. The number of hydrogen-bond acceptors (Lipinski definition) is 4. The van der Waals surface area contributed by atoms with Crippen LogP contribution in [0.3, 0.4) is 0 Å². The van der Waals surface area contributed by atoms with Gasteiger partial charge in [0, 0.05) is 6.20 Å². The zero-order valence-electron chi connectivity index (χ0n) is 11.7. The summed E-state index contributed by atoms with van der Waals surface area (Å²) in [5.41, 5.74) is 1.01. The Labute approximate surface area is 125 Å². The lowest BCUT2D eigenvalue weighted by Crippen LogP contribution is -2.09. The number of aromatic amines is 1. The van der Waals surface area contributed by atoms with Crippen molar-refractivity contribution >= 4 is 23.1 Å². The number of hydrogen-bond donors (Lipinski definition) is 1. The van der Waals surface area contributed by atoms with E-state index in [9.17, 15) is 9.18 Å². The van der Waals surface area contributed by atoms with E-state index < -0.39 is 5.82 Å². The van der Waals surface area contributed by atoms with E-state index in [2.05, 4.69) is 15.0 Å². The first-order valence-electron chi connectivity index (χ1n) is 6.53. The molecule has 0 atom stereocenters. The molecule has 0 spiro atoms. The van der Waals surface area contributed by atoms with Crippen LogP contribution in [0.25, 0.3) is 23.1 Å². The maximum atomic E-state index is 13.3. The zero-order valence-corrected chi connectivity index (χ0v) is 11.7. The molecular formula is C16H12FN3O2. The largest absolute Gasteiger partial charge is 0.494 e. The first-order valence-corrected chi connectivity index (χ1v) is 6.53. The van der Waals surface area contributed by atoms with E-state index >= 15 is 0 Å². The lowest BCUT2D eigenvalue weighted by Gasteiger charge is -2.02. The van der Waals surface area contributed by atoms with E-state index in [4.69, 9.17) is 4.74 Å². The monoisotopic (exact) mass is 297 g/mol. The van der Waals surface area contributed by atoms with Gasteiger partial charge in [-0.05, 0) is 29.8 Å². The van der Waals surface area contributed by atoms with E-state index in [1.165, 1.54) is 19.4 Å². The molecule has 0 aliphatic carbocycles. The first kappa shape index (κ1) is 13.9. The Balaban J connectivity index is 1.97. The minimum absolute atomic E-state index is 0.159. The van der Waals surface area contributed by atoms with Crippen molar-refractivity contribution in [3.8, 4) is 5.75 Å². The SMILES string of the molecule is COc1cc(C=Cc2nc3cnccc3c(=O)[nH]2)ccc1F. The summed E-state index contributed by atoms with van der Waals surface area (Å²) in [5, 5.41) is 0.482. The number of H-pyrrole nitrogens is 1. The summed E-state index contributed by atoms with van der Waals surface area (Å²) in [6.45, 7) is 0. The smallest absolute Gasteiger partial charge is 0.259 e. The van der Waals surface area contributed by atoms with Gasteiger partial charge in [-0.1, -0.05) is 12.1 Å². The van der Waals surface area contributed by atoms with Crippen LogP contribution in [0.4, 0.5) is 4.39 Å². The topological polar surface area (TPSA) is 67.9 Å². The van der Waals surface area contributed by atoms with Gasteiger partial charge in [-0.15, -0.1) is 0 Å². The lowest BCUT2D eigenvalue weighted by molar-refractivity contribution is 0.386. The molecule has 0 aliphatic heterocycles. The van der Waals surface area contributed by atoms with E-state index in [-0.39, 0.29) is 11.3 Å². The highest BCUT2D eigenvalue weighted by atomic mass is 19.1. The highest BCUT2D eigenvalue weighted by Crippen LogP contribution is 2.19. The highest BCUT2D eigenvalue weighted by molar-refractivity contribution is 5.78. The fourth-order valence-corrected chi connectivity index (χ4v) is 2.04. The second-order valence-electron chi connectivity index (χ2n) is 4.57. The molecule has 2 aromatic heterocycles. The van der Waals surface area contributed by atoms with E-state index in [1.807, 2.05) is 0 Å². The molecule has 0 bridgehead atoms. The van der Waals surface area contributed by atoms with Gasteiger partial charge in [-0.3, -0.25) is 9.78 Å². The highest BCUT2D eigenvalue weighted by Gasteiger charge is 2.03. The molecule has 0 radical (unpaired) electrons. The molecular weight excluding hydrogens is 285 g/mol. The van der Waals surface area contributed by atoms with Crippen LogP contribution in [0.1, 0.15) is 11.4 Å². The summed E-state index contributed by atoms with van der Waals surface area (Å²) < 4.78 is 18.3. The molecule has 110 valence electrons. The lowest BCUT2D eigenvalue weighted by atomic mass is 10.2. The molecule has 0 fully saturated rings. The number of nitrogens with zero attached hydrogens (tertiary/aromatic N) is 2. The molecule has 0 unspecified atom stereocenters. The molecule has 0 amide bonds. The molecule has 6 heteroatoms. The summed E-state index contributed by atoms with van der Waals surface area (Å²) >= 11 is 0. The van der Waals surface area contributed by atoms with Crippen molar-refractivity contribution < 1.29 is 9.13 Å². The normalized spacial score (nSPS) is 11.2. The molecule has 1 aromatic carbocycles. The summed E-state index contributed by atoms with van der Waals surface area (Å²) in [6.07, 6.45) is 6.42. The number of rotatable bonds is 3. The van der Waals surface area contributed by atoms with Crippen molar-refractivity contribution in [2.24, 2.45) is 0 Å². The molecule has 5 nitrogen and oxygen atoms in total. The third kappa shape index (κ3) is 2.71. The van der Waals surface area contributed by atoms with Crippen LogP contribution < -0.4 is 10.3 Å². The molecule has 0 aliphatic rings. The second-order valence-corrected chi connectivity index (χ2v) is 4.57. The Morgan fingerprint density at radius 2 is 2.14 bits per heavy atom. The fraction of sp³-hybridized carbons (Fsp3) is 0.0625. The van der Waals surface area contributed by atoms with Crippen LogP contribution in [0, 0.1) is 5.82 Å². The molecule has 1 N–H and O–H groups in total. The van der Waals surface area contributed by atoms with Crippen LogP contribution in [-0.4, -0.2) is 22.1 Å². The van der Waals surface area contributed by atoms with Gasteiger partial charge in [-0.25, -0.2) is 9.37 Å². The summed E-state index contributed by atoms with van der Waals surface area (Å²) in [5.74, 6) is 0.128. The molecule has 3 rings (SSSR count). The fourth-order valence-electron chi connectivity index (χ4n) is 2.04. The number of benzene rings is 1. The van der Waals surface area contributed by atoms with Crippen molar-refractivity contribution in [1.29, 1.82) is 0 Å². The first-order chi connectivity index (χ1) is 10.7. The Bertz CT molecular complexity index is 919. The Morgan fingerprint density at radius 3 is 2.95 bits per heavy atom. The molecule has 0 saturated heterocycles. The third-order valence-corrected chi connectivity index (χ3v) is 3.14. The van der Waals surface area contributed by atoms with Gasteiger partial charge in [-0.2, -0.15) is 0 Å². The molecule has 0 saturated carbocycles. The van der Waals surface area contributed by atoms with Crippen molar-refractivity contribution in [2.45, 2.75) is 0 Å². The van der Waals surface area contributed by atoms with Crippen molar-refractivity contribution in [1.82, 2.24) is 15.0 Å². The van der Waals surface area contributed by atoms with Gasteiger partial charge in [0.15, 0.2) is 11.6 Å². The van der Waals surface area contributed by atoms with Crippen LogP contribution in [0.2, 0.25) is 0 Å². The maximum Gasteiger partial charge on any atom is 0.259 e. The average molecular weight is 297 g/mol. The minimum atomic E-state index is -0.428. The van der Waals surface area contributed by atoms with E-state index in [0.717, 1.165) is 5.56 Å². The van der Waals surface area contributed by atoms with Crippen LogP contribution in [0.5, 0.6) is 5.75 Å². The van der Waals surface area contributed by atoms with Crippen LogP contribution >= 0.6 is 0 Å². The molecule has 22 heavy (non-hydrogen) atoms. The van der Waals surface area contributed by atoms with Crippen LogP contribution in [0.15, 0.2) is 41.5 Å². The number of fused-ring (bicyclic) bond motifs is 1. The number of methoxy groups -OCH3 is 1. The van der Waals surface area contributed by atoms with E-state index in [1.54, 1.807) is 36.5 Å².